The number of nitrogens with one attached hydrogen (secondary N) is 1. The Morgan fingerprint density at radius 1 is 1.03 bits per heavy atom. The number of para-hydroxylation sites is 1. The SMILES string of the molecule is CNC(C)c1cc2cccc(C#Cc3ccc(OC)nc3)c2c(=O)n1-c1ccccc1. The van der Waals surface area contributed by atoms with Crippen LogP contribution in [0.15, 0.2) is 77.7 Å². The van der Waals surface area contributed by atoms with Crippen LogP contribution in [0.3, 0.4) is 0 Å². The van der Waals surface area contributed by atoms with Crippen molar-refractivity contribution in [2.45, 2.75) is 13.0 Å². The van der Waals surface area contributed by atoms with Gasteiger partial charge in [-0.3, -0.25) is 9.36 Å². The van der Waals surface area contributed by atoms with Crippen LogP contribution in [0, 0.1) is 11.8 Å². The number of hydrogen-bond donors (Lipinski definition) is 1. The lowest BCUT2D eigenvalue weighted by molar-refractivity contribution is 0.398. The van der Waals surface area contributed by atoms with Gasteiger partial charge < -0.3 is 10.1 Å². The zero-order chi connectivity index (χ0) is 21.8. The Balaban J connectivity index is 1.93. The number of hydrogen-bond acceptors (Lipinski definition) is 4. The van der Waals surface area contributed by atoms with E-state index in [1.165, 1.54) is 0 Å². The highest BCUT2D eigenvalue weighted by Crippen LogP contribution is 2.23. The molecule has 1 atom stereocenters. The van der Waals surface area contributed by atoms with Crippen LogP contribution in [0.2, 0.25) is 0 Å². The predicted octanol–water partition coefficient (Wildman–Crippen LogP) is 4.07. The molecule has 2 aromatic heterocycles. The molecule has 0 spiro atoms. The highest BCUT2D eigenvalue weighted by Gasteiger charge is 2.16. The second-order valence-electron chi connectivity index (χ2n) is 7.16. The zero-order valence-electron chi connectivity index (χ0n) is 17.7. The molecule has 0 saturated carbocycles. The molecule has 154 valence electrons. The molecule has 0 saturated heterocycles. The van der Waals surface area contributed by atoms with Gasteiger partial charge >= 0.3 is 0 Å². The first-order valence-electron chi connectivity index (χ1n) is 10.1. The molecule has 5 nitrogen and oxygen atoms in total. The number of fused-ring (bicyclic) bond motifs is 1. The smallest absolute Gasteiger partial charge is 0.264 e. The van der Waals surface area contributed by atoms with Crippen LogP contribution in [-0.4, -0.2) is 23.7 Å². The minimum Gasteiger partial charge on any atom is -0.481 e. The predicted molar refractivity (Wildman–Crippen MR) is 124 cm³/mol. The fourth-order valence-electron chi connectivity index (χ4n) is 3.51. The van der Waals surface area contributed by atoms with Crippen molar-refractivity contribution in [1.82, 2.24) is 14.9 Å². The summed E-state index contributed by atoms with van der Waals surface area (Å²) in [4.78, 5) is 17.9. The maximum absolute atomic E-state index is 13.7. The summed E-state index contributed by atoms with van der Waals surface area (Å²) in [5.41, 5.74) is 3.08. The van der Waals surface area contributed by atoms with Crippen LogP contribution in [0.25, 0.3) is 16.5 Å². The van der Waals surface area contributed by atoms with Crippen LogP contribution in [-0.2, 0) is 0 Å². The van der Waals surface area contributed by atoms with E-state index in [-0.39, 0.29) is 11.6 Å². The fourth-order valence-corrected chi connectivity index (χ4v) is 3.51. The summed E-state index contributed by atoms with van der Waals surface area (Å²) in [5.74, 6) is 6.81. The van der Waals surface area contributed by atoms with E-state index in [9.17, 15) is 4.79 Å². The molecule has 31 heavy (non-hydrogen) atoms. The Labute approximate surface area is 181 Å². The van der Waals surface area contributed by atoms with Gasteiger partial charge in [0.15, 0.2) is 0 Å². The number of methoxy groups -OCH3 is 1. The first-order valence-corrected chi connectivity index (χ1v) is 10.1. The van der Waals surface area contributed by atoms with Gasteiger partial charge in [0.25, 0.3) is 5.56 Å². The summed E-state index contributed by atoms with van der Waals surface area (Å²) < 4.78 is 6.86. The standard InChI is InChI=1S/C26H23N3O2/c1-18(27-2)23-16-21-9-7-8-20(14-12-19-13-15-24(31-3)28-17-19)25(21)26(30)29(23)22-10-5-4-6-11-22/h4-11,13,15-18,27H,1-3H3. The van der Waals surface area contributed by atoms with Gasteiger partial charge in [-0.1, -0.05) is 42.2 Å². The molecule has 0 amide bonds. The summed E-state index contributed by atoms with van der Waals surface area (Å²) >= 11 is 0. The van der Waals surface area contributed by atoms with Crippen LogP contribution >= 0.6 is 0 Å². The highest BCUT2D eigenvalue weighted by molar-refractivity contribution is 5.88. The highest BCUT2D eigenvalue weighted by atomic mass is 16.5. The minimum absolute atomic E-state index is 0.00239. The van der Waals surface area contributed by atoms with Crippen molar-refractivity contribution in [1.29, 1.82) is 0 Å². The van der Waals surface area contributed by atoms with E-state index in [0.717, 1.165) is 22.3 Å². The molecule has 4 rings (SSSR count). The monoisotopic (exact) mass is 409 g/mol. The maximum atomic E-state index is 13.7. The second kappa shape index (κ2) is 8.86. The molecule has 1 N–H and O–H groups in total. The van der Waals surface area contributed by atoms with E-state index < -0.39 is 0 Å². The van der Waals surface area contributed by atoms with E-state index in [1.807, 2.05) is 68.6 Å². The summed E-state index contributed by atoms with van der Waals surface area (Å²) in [5, 5.41) is 4.72. The molecule has 0 fully saturated rings. The van der Waals surface area contributed by atoms with Crippen molar-refractivity contribution in [3.8, 4) is 23.4 Å². The number of pyridine rings is 2. The van der Waals surface area contributed by atoms with Gasteiger partial charge in [-0.25, -0.2) is 4.98 Å². The Morgan fingerprint density at radius 2 is 1.84 bits per heavy atom. The summed E-state index contributed by atoms with van der Waals surface area (Å²) in [6.07, 6.45) is 1.66. The Morgan fingerprint density at radius 3 is 2.52 bits per heavy atom. The molecule has 4 aromatic rings. The topological polar surface area (TPSA) is 56.1 Å². The van der Waals surface area contributed by atoms with Crippen molar-refractivity contribution < 1.29 is 4.74 Å². The third-order valence-electron chi connectivity index (χ3n) is 5.25. The average Bonchev–Trinajstić information content (AvgIpc) is 2.82. The van der Waals surface area contributed by atoms with E-state index in [2.05, 4.69) is 28.2 Å². The van der Waals surface area contributed by atoms with Crippen molar-refractivity contribution in [2.24, 2.45) is 0 Å². The number of aromatic nitrogens is 2. The van der Waals surface area contributed by atoms with Gasteiger partial charge in [0, 0.05) is 40.8 Å². The number of ether oxygens (including phenoxy) is 1. The van der Waals surface area contributed by atoms with E-state index >= 15 is 0 Å². The Hall–Kier alpha value is -3.88. The van der Waals surface area contributed by atoms with E-state index in [1.54, 1.807) is 23.9 Å². The molecular formula is C26H23N3O2. The zero-order valence-corrected chi connectivity index (χ0v) is 17.7. The van der Waals surface area contributed by atoms with Crippen LogP contribution in [0.4, 0.5) is 0 Å². The Kier molecular flexibility index (Phi) is 5.83. The van der Waals surface area contributed by atoms with Crippen molar-refractivity contribution in [3.05, 3.63) is 100 Å². The molecule has 2 aromatic carbocycles. The first-order chi connectivity index (χ1) is 15.1. The lowest BCUT2D eigenvalue weighted by atomic mass is 10.0. The maximum Gasteiger partial charge on any atom is 0.264 e. The van der Waals surface area contributed by atoms with Crippen LogP contribution in [0.5, 0.6) is 5.88 Å². The number of nitrogens with zero attached hydrogens (tertiary/aromatic N) is 2. The summed E-state index contributed by atoms with van der Waals surface area (Å²) in [7, 11) is 3.46. The minimum atomic E-state index is -0.0847. The molecule has 1 unspecified atom stereocenters. The number of rotatable bonds is 4. The third kappa shape index (κ3) is 4.07. The molecule has 2 heterocycles. The lowest BCUT2D eigenvalue weighted by Crippen LogP contribution is -2.27. The van der Waals surface area contributed by atoms with Crippen LogP contribution < -0.4 is 15.6 Å². The quantitative estimate of drug-likeness (QED) is 0.516. The summed E-state index contributed by atoms with van der Waals surface area (Å²) in [6, 6.07) is 21.1. The molecule has 0 aliphatic rings. The van der Waals surface area contributed by atoms with Crippen molar-refractivity contribution >= 4 is 10.8 Å². The van der Waals surface area contributed by atoms with E-state index in [4.69, 9.17) is 4.74 Å². The lowest BCUT2D eigenvalue weighted by Gasteiger charge is -2.19. The van der Waals surface area contributed by atoms with Gasteiger partial charge in [0.05, 0.1) is 12.5 Å². The van der Waals surface area contributed by atoms with Gasteiger partial charge in [-0.15, -0.1) is 0 Å². The Bertz CT molecular complexity index is 1330. The molecule has 0 aliphatic carbocycles. The summed E-state index contributed by atoms with van der Waals surface area (Å²) in [6.45, 7) is 2.04. The van der Waals surface area contributed by atoms with Crippen molar-refractivity contribution in [2.75, 3.05) is 14.2 Å². The molecule has 0 radical (unpaired) electrons. The van der Waals surface area contributed by atoms with E-state index in [0.29, 0.717) is 16.8 Å². The van der Waals surface area contributed by atoms with Gasteiger partial charge in [0.1, 0.15) is 0 Å². The normalized spacial score (nSPS) is 11.6. The molecule has 0 bridgehead atoms. The third-order valence-corrected chi connectivity index (χ3v) is 5.25. The van der Waals surface area contributed by atoms with Crippen LogP contribution in [0.1, 0.15) is 29.8 Å². The second-order valence-corrected chi connectivity index (χ2v) is 7.16. The molecule has 5 heteroatoms. The first kappa shape index (κ1) is 20.4. The van der Waals surface area contributed by atoms with Gasteiger partial charge in [0.2, 0.25) is 5.88 Å². The van der Waals surface area contributed by atoms with Gasteiger partial charge in [-0.05, 0) is 49.7 Å². The molecular weight excluding hydrogens is 386 g/mol. The van der Waals surface area contributed by atoms with Crippen molar-refractivity contribution in [3.63, 3.8) is 0 Å². The number of benzene rings is 2. The van der Waals surface area contributed by atoms with Gasteiger partial charge in [-0.2, -0.15) is 0 Å². The average molecular weight is 409 g/mol. The molecule has 0 aliphatic heterocycles. The fraction of sp³-hybridized carbons (Fsp3) is 0.154. The largest absolute Gasteiger partial charge is 0.481 e.